The number of non-ortho nitro benzene ring substituents is 1. The second-order valence-corrected chi connectivity index (χ2v) is 4.61. The van der Waals surface area contributed by atoms with Crippen molar-refractivity contribution in [3.63, 3.8) is 0 Å². The Bertz CT molecular complexity index is 519. The van der Waals surface area contributed by atoms with Gasteiger partial charge in [-0.05, 0) is 12.5 Å². The maximum Gasteiger partial charge on any atom is 0.280 e. The Labute approximate surface area is 109 Å². The molecule has 0 saturated carbocycles. The van der Waals surface area contributed by atoms with Crippen LogP contribution in [-0.2, 0) is 6.54 Å². The standard InChI is InChI=1S/C11H14N4O4/c12-9-3-4-13(7-9)6-8-1-2-10(14(16)17)5-11(8)15(18)19/h1-2,5,9H,3-4,6-7,12H2/t9-/m1/s1. The van der Waals surface area contributed by atoms with E-state index in [1.54, 1.807) is 0 Å². The van der Waals surface area contributed by atoms with E-state index >= 15 is 0 Å². The Morgan fingerprint density at radius 2 is 2.05 bits per heavy atom. The van der Waals surface area contributed by atoms with Gasteiger partial charge in [0.15, 0.2) is 0 Å². The lowest BCUT2D eigenvalue weighted by atomic mass is 10.1. The van der Waals surface area contributed by atoms with Crippen molar-refractivity contribution in [1.82, 2.24) is 4.90 Å². The molecule has 0 bridgehead atoms. The predicted molar refractivity (Wildman–Crippen MR) is 67.6 cm³/mol. The molecule has 0 spiro atoms. The van der Waals surface area contributed by atoms with E-state index in [0.717, 1.165) is 19.0 Å². The minimum Gasteiger partial charge on any atom is -0.326 e. The summed E-state index contributed by atoms with van der Waals surface area (Å²) in [4.78, 5) is 22.4. The predicted octanol–water partition coefficient (Wildman–Crippen LogP) is 1.04. The van der Waals surface area contributed by atoms with Gasteiger partial charge >= 0.3 is 0 Å². The zero-order valence-electron chi connectivity index (χ0n) is 10.2. The molecule has 1 aliphatic rings. The van der Waals surface area contributed by atoms with Crippen LogP contribution in [0.5, 0.6) is 0 Å². The van der Waals surface area contributed by atoms with Crippen LogP contribution in [0.25, 0.3) is 0 Å². The highest BCUT2D eigenvalue weighted by atomic mass is 16.6. The largest absolute Gasteiger partial charge is 0.326 e. The second-order valence-electron chi connectivity index (χ2n) is 4.61. The third-order valence-electron chi connectivity index (χ3n) is 3.18. The molecule has 0 aromatic heterocycles. The molecular formula is C11H14N4O4. The number of benzene rings is 1. The van der Waals surface area contributed by atoms with Gasteiger partial charge < -0.3 is 5.73 Å². The fourth-order valence-corrected chi connectivity index (χ4v) is 2.22. The first-order chi connectivity index (χ1) is 8.97. The monoisotopic (exact) mass is 266 g/mol. The molecular weight excluding hydrogens is 252 g/mol. The fraction of sp³-hybridized carbons (Fsp3) is 0.455. The van der Waals surface area contributed by atoms with Crippen LogP contribution in [0.2, 0.25) is 0 Å². The molecule has 1 saturated heterocycles. The molecule has 1 aromatic carbocycles. The van der Waals surface area contributed by atoms with Crippen LogP contribution in [-0.4, -0.2) is 33.9 Å². The summed E-state index contributed by atoms with van der Waals surface area (Å²) in [5.41, 5.74) is 5.77. The molecule has 1 heterocycles. The molecule has 1 aliphatic heterocycles. The van der Waals surface area contributed by atoms with Crippen molar-refractivity contribution in [3.8, 4) is 0 Å². The maximum atomic E-state index is 11.0. The average molecular weight is 266 g/mol. The number of nitrogens with two attached hydrogens (primary N) is 1. The van der Waals surface area contributed by atoms with Gasteiger partial charge in [-0.25, -0.2) is 0 Å². The van der Waals surface area contributed by atoms with E-state index in [9.17, 15) is 20.2 Å². The molecule has 1 aromatic rings. The van der Waals surface area contributed by atoms with Crippen LogP contribution in [0.1, 0.15) is 12.0 Å². The van der Waals surface area contributed by atoms with Crippen molar-refractivity contribution >= 4 is 11.4 Å². The Morgan fingerprint density at radius 1 is 1.32 bits per heavy atom. The molecule has 8 nitrogen and oxygen atoms in total. The number of likely N-dealkylation sites (tertiary alicyclic amines) is 1. The molecule has 0 unspecified atom stereocenters. The fourth-order valence-electron chi connectivity index (χ4n) is 2.22. The van der Waals surface area contributed by atoms with Gasteiger partial charge in [0.25, 0.3) is 11.4 Å². The Balaban J connectivity index is 2.24. The van der Waals surface area contributed by atoms with Gasteiger partial charge in [-0.1, -0.05) is 0 Å². The van der Waals surface area contributed by atoms with Crippen LogP contribution in [0.15, 0.2) is 18.2 Å². The number of nitrogens with zero attached hydrogens (tertiary/aromatic N) is 3. The van der Waals surface area contributed by atoms with E-state index in [0.29, 0.717) is 18.7 Å². The van der Waals surface area contributed by atoms with Gasteiger partial charge in [0.05, 0.1) is 15.9 Å². The number of nitro groups is 2. The van der Waals surface area contributed by atoms with E-state index in [1.165, 1.54) is 12.1 Å². The van der Waals surface area contributed by atoms with E-state index in [4.69, 9.17) is 5.73 Å². The zero-order chi connectivity index (χ0) is 14.0. The first-order valence-electron chi connectivity index (χ1n) is 5.87. The second kappa shape index (κ2) is 5.29. The molecule has 0 radical (unpaired) electrons. The van der Waals surface area contributed by atoms with Gasteiger partial charge in [-0.3, -0.25) is 25.1 Å². The summed E-state index contributed by atoms with van der Waals surface area (Å²) < 4.78 is 0. The van der Waals surface area contributed by atoms with Crippen molar-refractivity contribution < 1.29 is 9.85 Å². The minimum absolute atomic E-state index is 0.0945. The van der Waals surface area contributed by atoms with Crippen LogP contribution in [0.4, 0.5) is 11.4 Å². The first kappa shape index (κ1) is 13.4. The Kier molecular flexibility index (Phi) is 3.72. The number of nitro benzene ring substituents is 2. The molecule has 102 valence electrons. The van der Waals surface area contributed by atoms with Gasteiger partial charge in [0.1, 0.15) is 0 Å². The lowest BCUT2D eigenvalue weighted by Crippen LogP contribution is -2.26. The van der Waals surface area contributed by atoms with Crippen molar-refractivity contribution in [2.75, 3.05) is 13.1 Å². The normalized spacial score (nSPS) is 19.5. The zero-order valence-corrected chi connectivity index (χ0v) is 10.2. The van der Waals surface area contributed by atoms with Gasteiger partial charge in [0, 0.05) is 37.3 Å². The summed E-state index contributed by atoms with van der Waals surface area (Å²) in [7, 11) is 0. The smallest absolute Gasteiger partial charge is 0.280 e. The summed E-state index contributed by atoms with van der Waals surface area (Å²) >= 11 is 0. The van der Waals surface area contributed by atoms with Gasteiger partial charge in [-0.15, -0.1) is 0 Å². The van der Waals surface area contributed by atoms with Crippen LogP contribution in [0.3, 0.4) is 0 Å². The van der Waals surface area contributed by atoms with Gasteiger partial charge in [0.2, 0.25) is 0 Å². The summed E-state index contributed by atoms with van der Waals surface area (Å²) in [5, 5.41) is 21.6. The van der Waals surface area contributed by atoms with E-state index < -0.39 is 9.85 Å². The molecule has 0 aliphatic carbocycles. The summed E-state index contributed by atoms with van der Waals surface area (Å²) in [6.45, 7) is 1.87. The molecule has 2 N–H and O–H groups in total. The quantitative estimate of drug-likeness (QED) is 0.642. The van der Waals surface area contributed by atoms with Gasteiger partial charge in [-0.2, -0.15) is 0 Å². The Morgan fingerprint density at radius 3 is 2.58 bits per heavy atom. The summed E-state index contributed by atoms with van der Waals surface area (Å²) in [6, 6.07) is 3.83. The minimum atomic E-state index is -0.636. The molecule has 1 fully saturated rings. The van der Waals surface area contributed by atoms with Crippen molar-refractivity contribution in [2.45, 2.75) is 19.0 Å². The van der Waals surface area contributed by atoms with E-state index in [1.807, 2.05) is 4.90 Å². The highest BCUT2D eigenvalue weighted by Crippen LogP contribution is 2.26. The van der Waals surface area contributed by atoms with Crippen molar-refractivity contribution in [2.24, 2.45) is 5.73 Å². The van der Waals surface area contributed by atoms with Crippen LogP contribution >= 0.6 is 0 Å². The molecule has 19 heavy (non-hydrogen) atoms. The third-order valence-corrected chi connectivity index (χ3v) is 3.18. The highest BCUT2D eigenvalue weighted by molar-refractivity contribution is 5.49. The molecule has 2 rings (SSSR count). The lowest BCUT2D eigenvalue weighted by Gasteiger charge is -2.14. The molecule has 0 amide bonds. The van der Waals surface area contributed by atoms with E-state index in [2.05, 4.69) is 0 Å². The summed E-state index contributed by atoms with van der Waals surface area (Å²) in [6.07, 6.45) is 0.862. The Hall–Kier alpha value is -2.06. The van der Waals surface area contributed by atoms with Crippen LogP contribution in [0, 0.1) is 20.2 Å². The van der Waals surface area contributed by atoms with Crippen LogP contribution < -0.4 is 5.73 Å². The number of hydrogen-bond donors (Lipinski definition) is 1. The van der Waals surface area contributed by atoms with Crippen molar-refractivity contribution in [3.05, 3.63) is 44.0 Å². The number of rotatable bonds is 4. The van der Waals surface area contributed by atoms with E-state index in [-0.39, 0.29) is 17.4 Å². The third kappa shape index (κ3) is 3.04. The maximum absolute atomic E-state index is 11.0. The summed E-state index contributed by atoms with van der Waals surface area (Å²) in [5.74, 6) is 0. The molecule has 8 heteroatoms. The molecule has 1 atom stereocenters. The van der Waals surface area contributed by atoms with Crippen molar-refractivity contribution in [1.29, 1.82) is 0 Å². The number of hydrogen-bond acceptors (Lipinski definition) is 6. The SMILES string of the molecule is N[C@@H]1CCN(Cc2ccc([N+](=O)[O-])cc2[N+](=O)[O-])C1. The topological polar surface area (TPSA) is 116 Å². The average Bonchev–Trinajstić information content (AvgIpc) is 2.74. The highest BCUT2D eigenvalue weighted by Gasteiger charge is 2.24. The lowest BCUT2D eigenvalue weighted by molar-refractivity contribution is -0.394. The first-order valence-corrected chi connectivity index (χ1v) is 5.87.